The minimum atomic E-state index is -0.229. The first-order valence-electron chi connectivity index (χ1n) is 12.2. The molecule has 6 aromatic rings. The summed E-state index contributed by atoms with van der Waals surface area (Å²) >= 11 is 0. The van der Waals surface area contributed by atoms with Crippen molar-refractivity contribution in [3.8, 4) is 22.4 Å². The lowest BCUT2D eigenvalue weighted by Gasteiger charge is -2.13. The van der Waals surface area contributed by atoms with Gasteiger partial charge in [0.25, 0.3) is 0 Å². The Morgan fingerprint density at radius 3 is 2.38 bits per heavy atom. The first-order valence-corrected chi connectivity index (χ1v) is 12.2. The molecule has 0 amide bonds. The van der Waals surface area contributed by atoms with Gasteiger partial charge >= 0.3 is 0 Å². The molecule has 5 nitrogen and oxygen atoms in total. The fraction of sp³-hybridized carbons (Fsp3) is 0.0625. The van der Waals surface area contributed by atoms with Crippen molar-refractivity contribution in [3.05, 3.63) is 131 Å². The van der Waals surface area contributed by atoms with Crippen LogP contribution in [0.25, 0.3) is 44.3 Å². The van der Waals surface area contributed by atoms with Crippen molar-refractivity contribution >= 4 is 27.7 Å². The summed E-state index contributed by atoms with van der Waals surface area (Å²) in [6, 6.07) is 32.9. The van der Waals surface area contributed by atoms with Crippen molar-refractivity contribution in [2.45, 2.75) is 12.8 Å². The molecular formula is C32H23N3O2. The molecule has 3 aromatic heterocycles. The quantitative estimate of drug-likeness (QED) is 0.271. The smallest absolute Gasteiger partial charge is 0.191 e. The van der Waals surface area contributed by atoms with Gasteiger partial charge in [0.15, 0.2) is 11.2 Å². The lowest BCUT2D eigenvalue weighted by Crippen LogP contribution is -2.12. The highest BCUT2D eigenvalue weighted by Gasteiger charge is 2.16. The van der Waals surface area contributed by atoms with E-state index < -0.39 is 0 Å². The van der Waals surface area contributed by atoms with Crippen molar-refractivity contribution in [1.29, 1.82) is 0 Å². The van der Waals surface area contributed by atoms with Crippen LogP contribution in [0.15, 0.2) is 114 Å². The molecule has 1 N–H and O–H groups in total. The summed E-state index contributed by atoms with van der Waals surface area (Å²) < 4.78 is 0. The summed E-state index contributed by atoms with van der Waals surface area (Å²) in [5.41, 5.74) is 5.89. The first-order chi connectivity index (χ1) is 18.2. The maximum absolute atomic E-state index is 13.2. The van der Waals surface area contributed by atoms with E-state index in [1.165, 1.54) is 6.07 Å². The van der Waals surface area contributed by atoms with Gasteiger partial charge in [-0.3, -0.25) is 14.6 Å². The monoisotopic (exact) mass is 481 g/mol. The number of ketones is 1. The van der Waals surface area contributed by atoms with Crippen LogP contribution in [0.3, 0.4) is 0 Å². The van der Waals surface area contributed by atoms with Crippen LogP contribution < -0.4 is 5.43 Å². The van der Waals surface area contributed by atoms with E-state index in [-0.39, 0.29) is 16.9 Å². The topological polar surface area (TPSA) is 75.7 Å². The summed E-state index contributed by atoms with van der Waals surface area (Å²) in [7, 11) is 0. The van der Waals surface area contributed by atoms with Crippen molar-refractivity contribution in [1.82, 2.24) is 15.0 Å². The van der Waals surface area contributed by atoms with Gasteiger partial charge in [-0.2, -0.15) is 0 Å². The molecule has 0 atom stereocenters. The Morgan fingerprint density at radius 1 is 0.784 bits per heavy atom. The van der Waals surface area contributed by atoms with Crippen LogP contribution in [0.1, 0.15) is 22.5 Å². The number of benzene rings is 3. The summed E-state index contributed by atoms with van der Waals surface area (Å²) in [5, 5.41) is 1.45. The number of aryl methyl sites for hydroxylation is 1. The molecule has 0 aliphatic heterocycles. The third kappa shape index (κ3) is 4.55. The number of carbonyl (C=O) groups is 1. The average molecular weight is 482 g/mol. The second-order valence-electron chi connectivity index (χ2n) is 9.01. The number of Topliss-reactive ketones (excluding diaryl/α,β-unsaturated/α-hetero) is 1. The molecule has 0 unspecified atom stereocenters. The largest absolute Gasteiger partial charge is 0.337 e. The molecule has 3 aromatic carbocycles. The van der Waals surface area contributed by atoms with Gasteiger partial charge in [0.2, 0.25) is 0 Å². The van der Waals surface area contributed by atoms with Crippen molar-refractivity contribution in [3.63, 3.8) is 0 Å². The normalized spacial score (nSPS) is 11.1. The molecule has 0 spiro atoms. The molecule has 0 aliphatic carbocycles. The molecule has 0 saturated carbocycles. The summed E-state index contributed by atoms with van der Waals surface area (Å²) in [5.74, 6) is -0.114. The number of nitrogens with one attached hydrogen (secondary N) is 1. The molecule has 178 valence electrons. The third-order valence-electron chi connectivity index (χ3n) is 6.56. The number of rotatable bonds is 6. The highest BCUT2D eigenvalue weighted by molar-refractivity contribution is 5.98. The van der Waals surface area contributed by atoms with Crippen LogP contribution in [0, 0.1) is 0 Å². The number of hydrogen-bond donors (Lipinski definition) is 1. The summed E-state index contributed by atoms with van der Waals surface area (Å²) in [6.45, 7) is 0. The lowest BCUT2D eigenvalue weighted by atomic mass is 9.96. The van der Waals surface area contributed by atoms with Gasteiger partial charge in [-0.05, 0) is 41.8 Å². The Balaban J connectivity index is 1.47. The van der Waals surface area contributed by atoms with E-state index in [9.17, 15) is 9.59 Å². The Labute approximate surface area is 213 Å². The van der Waals surface area contributed by atoms with E-state index in [0.29, 0.717) is 23.9 Å². The highest BCUT2D eigenvalue weighted by atomic mass is 16.1. The number of aromatic nitrogens is 3. The van der Waals surface area contributed by atoms with E-state index >= 15 is 0 Å². The summed E-state index contributed by atoms with van der Waals surface area (Å²) in [6.07, 6.45) is 2.69. The van der Waals surface area contributed by atoms with Crippen LogP contribution in [-0.2, 0) is 6.42 Å². The van der Waals surface area contributed by atoms with Crippen LogP contribution in [0.2, 0.25) is 0 Å². The zero-order valence-corrected chi connectivity index (χ0v) is 20.0. The maximum atomic E-state index is 13.2. The van der Waals surface area contributed by atoms with Crippen LogP contribution >= 0.6 is 0 Å². The SMILES string of the molecule is O=C(CCc1ccccc1)c1cc(=O)c2cc(-c3ccc4ncccc4c3)c(-c3ccccc3)nc2[nH]1. The maximum Gasteiger partial charge on any atom is 0.191 e. The fourth-order valence-electron chi connectivity index (χ4n) is 4.64. The number of pyridine rings is 3. The zero-order chi connectivity index (χ0) is 25.2. The van der Waals surface area contributed by atoms with Gasteiger partial charge in [0.05, 0.1) is 22.3 Å². The molecule has 0 aliphatic rings. The van der Waals surface area contributed by atoms with Crippen molar-refractivity contribution in [2.24, 2.45) is 0 Å². The number of nitrogens with zero attached hydrogens (tertiary/aromatic N) is 2. The second-order valence-corrected chi connectivity index (χ2v) is 9.01. The molecule has 37 heavy (non-hydrogen) atoms. The Morgan fingerprint density at radius 2 is 1.57 bits per heavy atom. The molecular weight excluding hydrogens is 458 g/mol. The van der Waals surface area contributed by atoms with E-state index in [1.807, 2.05) is 91.0 Å². The minimum Gasteiger partial charge on any atom is -0.337 e. The van der Waals surface area contributed by atoms with Crippen molar-refractivity contribution < 1.29 is 4.79 Å². The lowest BCUT2D eigenvalue weighted by molar-refractivity contribution is 0.0978. The Hall–Kier alpha value is -4.90. The van der Waals surface area contributed by atoms with Gasteiger partial charge in [0.1, 0.15) is 5.65 Å². The Bertz CT molecular complexity index is 1810. The number of hydrogen-bond acceptors (Lipinski definition) is 4. The fourth-order valence-corrected chi connectivity index (χ4v) is 4.64. The number of aromatic amines is 1. The first kappa shape index (κ1) is 22.6. The number of H-pyrrole nitrogens is 1. The summed E-state index contributed by atoms with van der Waals surface area (Å²) in [4.78, 5) is 38.6. The molecule has 0 bridgehead atoms. The van der Waals surface area contributed by atoms with E-state index in [0.717, 1.165) is 38.9 Å². The minimum absolute atomic E-state index is 0.114. The number of fused-ring (bicyclic) bond motifs is 2. The van der Waals surface area contributed by atoms with Gasteiger partial charge in [-0.25, -0.2) is 4.98 Å². The molecule has 0 fully saturated rings. The van der Waals surface area contributed by atoms with Gasteiger partial charge < -0.3 is 4.98 Å². The molecule has 0 radical (unpaired) electrons. The third-order valence-corrected chi connectivity index (χ3v) is 6.56. The van der Waals surface area contributed by atoms with Crippen LogP contribution in [0.4, 0.5) is 0 Å². The molecule has 6 rings (SSSR count). The van der Waals surface area contributed by atoms with E-state index in [2.05, 4.69) is 16.0 Å². The second kappa shape index (κ2) is 9.63. The van der Waals surface area contributed by atoms with Gasteiger partial charge in [-0.1, -0.05) is 72.8 Å². The van der Waals surface area contributed by atoms with Crippen molar-refractivity contribution in [2.75, 3.05) is 0 Å². The molecule has 0 saturated heterocycles. The Kier molecular flexibility index (Phi) is 5.87. The predicted molar refractivity (Wildman–Crippen MR) is 148 cm³/mol. The zero-order valence-electron chi connectivity index (χ0n) is 20.0. The van der Waals surface area contributed by atoms with Gasteiger partial charge in [0, 0.05) is 35.2 Å². The van der Waals surface area contributed by atoms with E-state index in [4.69, 9.17) is 4.98 Å². The average Bonchev–Trinajstić information content (AvgIpc) is 2.96. The van der Waals surface area contributed by atoms with E-state index in [1.54, 1.807) is 6.20 Å². The number of carbonyl (C=O) groups excluding carboxylic acids is 1. The predicted octanol–water partition coefficient (Wildman–Crippen LogP) is 6.62. The van der Waals surface area contributed by atoms with Gasteiger partial charge in [-0.15, -0.1) is 0 Å². The van der Waals surface area contributed by atoms with Crippen LogP contribution in [0.5, 0.6) is 0 Å². The molecule has 5 heteroatoms. The molecule has 3 heterocycles. The highest BCUT2D eigenvalue weighted by Crippen LogP contribution is 2.33. The van der Waals surface area contributed by atoms with Crippen LogP contribution in [-0.4, -0.2) is 20.7 Å². The standard InChI is InChI=1S/C32H23N3O2/c36-29(16-13-21-8-3-1-4-9-21)28-20-30(37)26-19-25(23-14-15-27-24(18-23)12-7-17-33-27)31(35-32(26)34-28)22-10-5-2-6-11-22/h1-12,14-15,17-20H,13,16H2,(H,34,35,37).